The van der Waals surface area contributed by atoms with Crippen molar-refractivity contribution >= 4 is 23.4 Å². The molecule has 6 heteroatoms. The zero-order chi connectivity index (χ0) is 18.2. The fraction of sp³-hybridized carbons (Fsp3) is 0.421. The summed E-state index contributed by atoms with van der Waals surface area (Å²) in [7, 11) is 0. The van der Waals surface area contributed by atoms with Gasteiger partial charge < -0.3 is 16.0 Å². The van der Waals surface area contributed by atoms with Gasteiger partial charge in [-0.25, -0.2) is 0 Å². The molecular formula is C19H25N3O3. The van der Waals surface area contributed by atoms with Crippen molar-refractivity contribution in [3.63, 3.8) is 0 Å². The number of nitrogens with one attached hydrogen (secondary N) is 1. The molecule has 1 aliphatic heterocycles. The molecule has 0 aromatic heterocycles. The van der Waals surface area contributed by atoms with Crippen molar-refractivity contribution in [1.29, 1.82) is 0 Å². The molecular weight excluding hydrogens is 318 g/mol. The predicted molar refractivity (Wildman–Crippen MR) is 96.8 cm³/mol. The largest absolute Gasteiger partial charge is 0.370 e. The van der Waals surface area contributed by atoms with Crippen LogP contribution in [0.3, 0.4) is 0 Å². The Labute approximate surface area is 148 Å². The minimum absolute atomic E-state index is 0.0600. The Balaban J connectivity index is 1.88. The van der Waals surface area contributed by atoms with E-state index in [-0.39, 0.29) is 30.2 Å². The van der Waals surface area contributed by atoms with Crippen LogP contribution in [0.4, 0.5) is 5.69 Å². The zero-order valence-corrected chi connectivity index (χ0v) is 14.4. The maximum atomic E-state index is 12.5. The highest BCUT2D eigenvalue weighted by atomic mass is 16.2. The molecule has 1 unspecified atom stereocenters. The first kappa shape index (κ1) is 18.7. The predicted octanol–water partition coefficient (Wildman–Crippen LogP) is 2.00. The number of likely N-dealkylation sites (tertiary alicyclic amines) is 1. The molecule has 0 bridgehead atoms. The summed E-state index contributed by atoms with van der Waals surface area (Å²) in [5.41, 5.74) is 7.01. The van der Waals surface area contributed by atoms with Crippen molar-refractivity contribution < 1.29 is 14.4 Å². The molecule has 1 heterocycles. The smallest absolute Gasteiger partial charge is 0.247 e. The monoisotopic (exact) mass is 343 g/mol. The normalized spacial score (nSPS) is 17.0. The third-order valence-electron chi connectivity index (χ3n) is 4.42. The number of rotatable bonds is 7. The van der Waals surface area contributed by atoms with Gasteiger partial charge in [-0.3, -0.25) is 14.4 Å². The summed E-state index contributed by atoms with van der Waals surface area (Å²) in [5, 5.41) is 2.68. The molecule has 1 aliphatic rings. The number of carbonyl (C=O) groups excluding carboxylic acids is 3. The van der Waals surface area contributed by atoms with Gasteiger partial charge in [0, 0.05) is 31.1 Å². The average molecular weight is 343 g/mol. The lowest BCUT2D eigenvalue weighted by molar-refractivity contribution is -0.135. The van der Waals surface area contributed by atoms with Gasteiger partial charge in [0.1, 0.15) is 0 Å². The molecule has 1 fully saturated rings. The van der Waals surface area contributed by atoms with Crippen molar-refractivity contribution in [3.05, 3.63) is 42.5 Å². The van der Waals surface area contributed by atoms with E-state index in [1.165, 1.54) is 6.08 Å². The topological polar surface area (TPSA) is 92.5 Å². The van der Waals surface area contributed by atoms with Gasteiger partial charge in [0.05, 0.1) is 0 Å². The van der Waals surface area contributed by atoms with Crippen LogP contribution in [0.25, 0.3) is 0 Å². The van der Waals surface area contributed by atoms with Crippen molar-refractivity contribution in [2.45, 2.75) is 44.6 Å². The number of primary amides is 1. The second-order valence-corrected chi connectivity index (χ2v) is 6.30. The van der Waals surface area contributed by atoms with Crippen LogP contribution in [-0.4, -0.2) is 35.2 Å². The summed E-state index contributed by atoms with van der Waals surface area (Å²) in [5.74, 6) is -0.551. The maximum absolute atomic E-state index is 12.5. The molecule has 3 amide bonds. The van der Waals surface area contributed by atoms with Crippen LogP contribution in [-0.2, 0) is 20.8 Å². The molecule has 1 saturated heterocycles. The Bertz CT molecular complexity index is 640. The van der Waals surface area contributed by atoms with E-state index in [4.69, 9.17) is 5.73 Å². The summed E-state index contributed by atoms with van der Waals surface area (Å²) in [4.78, 5) is 36.8. The number of hydrogen-bond donors (Lipinski definition) is 2. The Kier molecular flexibility index (Phi) is 6.74. The summed E-state index contributed by atoms with van der Waals surface area (Å²) >= 11 is 0. The number of nitrogens with zero attached hydrogens (tertiary/aromatic N) is 1. The maximum Gasteiger partial charge on any atom is 0.247 e. The van der Waals surface area contributed by atoms with Gasteiger partial charge in [-0.1, -0.05) is 18.7 Å². The molecule has 1 aromatic carbocycles. The molecule has 2 rings (SSSR count). The number of piperidine rings is 1. The van der Waals surface area contributed by atoms with E-state index in [1.807, 2.05) is 17.0 Å². The van der Waals surface area contributed by atoms with Crippen molar-refractivity contribution in [1.82, 2.24) is 4.90 Å². The molecule has 0 saturated carbocycles. The highest BCUT2D eigenvalue weighted by molar-refractivity contribution is 5.98. The highest BCUT2D eigenvalue weighted by Crippen LogP contribution is 2.21. The number of hydrogen-bond acceptors (Lipinski definition) is 3. The minimum atomic E-state index is -0.359. The van der Waals surface area contributed by atoms with E-state index < -0.39 is 0 Å². The van der Waals surface area contributed by atoms with Gasteiger partial charge in [-0.05, 0) is 49.5 Å². The van der Waals surface area contributed by atoms with E-state index >= 15 is 0 Å². The lowest BCUT2D eigenvalue weighted by Crippen LogP contribution is -2.45. The first-order valence-corrected chi connectivity index (χ1v) is 8.59. The number of carbonyl (C=O) groups is 3. The Morgan fingerprint density at radius 3 is 2.60 bits per heavy atom. The van der Waals surface area contributed by atoms with Gasteiger partial charge in [0.2, 0.25) is 17.7 Å². The third-order valence-corrected chi connectivity index (χ3v) is 4.42. The SMILES string of the molecule is C=CC(=O)Nc1ccc(CCC(=O)N2CCCCC2CC(N)=O)cc1. The summed E-state index contributed by atoms with van der Waals surface area (Å²) < 4.78 is 0. The third kappa shape index (κ3) is 5.74. The summed E-state index contributed by atoms with van der Waals surface area (Å²) in [6.45, 7) is 4.11. The number of amides is 3. The molecule has 0 aliphatic carbocycles. The molecule has 0 spiro atoms. The second kappa shape index (κ2) is 9.01. The van der Waals surface area contributed by atoms with E-state index in [2.05, 4.69) is 11.9 Å². The standard InChI is InChI=1S/C19H25N3O3/c1-2-18(24)21-15-9-6-14(7-10-15)8-11-19(25)22-12-4-3-5-16(22)13-17(20)23/h2,6-7,9-10,16H,1,3-5,8,11-13H2,(H2,20,23)(H,21,24). The molecule has 3 N–H and O–H groups in total. The molecule has 6 nitrogen and oxygen atoms in total. The Morgan fingerprint density at radius 1 is 1.24 bits per heavy atom. The number of aryl methyl sites for hydroxylation is 1. The Hall–Kier alpha value is -2.63. The van der Waals surface area contributed by atoms with Gasteiger partial charge in [0.15, 0.2) is 0 Å². The summed E-state index contributed by atoms with van der Waals surface area (Å²) in [6.07, 6.45) is 5.31. The summed E-state index contributed by atoms with van der Waals surface area (Å²) in [6, 6.07) is 7.33. The van der Waals surface area contributed by atoms with E-state index in [0.717, 1.165) is 24.8 Å². The van der Waals surface area contributed by atoms with E-state index in [1.54, 1.807) is 12.1 Å². The van der Waals surface area contributed by atoms with Crippen LogP contribution in [0.15, 0.2) is 36.9 Å². The number of benzene rings is 1. The van der Waals surface area contributed by atoms with Gasteiger partial charge in [-0.2, -0.15) is 0 Å². The van der Waals surface area contributed by atoms with Gasteiger partial charge in [-0.15, -0.1) is 0 Å². The zero-order valence-electron chi connectivity index (χ0n) is 14.4. The van der Waals surface area contributed by atoms with Crippen molar-refractivity contribution in [2.24, 2.45) is 5.73 Å². The van der Waals surface area contributed by atoms with Gasteiger partial charge in [0.25, 0.3) is 0 Å². The van der Waals surface area contributed by atoms with Gasteiger partial charge >= 0.3 is 0 Å². The van der Waals surface area contributed by atoms with Crippen LogP contribution in [0.5, 0.6) is 0 Å². The van der Waals surface area contributed by atoms with Crippen LogP contribution >= 0.6 is 0 Å². The number of nitrogens with two attached hydrogens (primary N) is 1. The first-order chi connectivity index (χ1) is 12.0. The van der Waals surface area contributed by atoms with Crippen molar-refractivity contribution in [2.75, 3.05) is 11.9 Å². The van der Waals surface area contributed by atoms with Crippen LogP contribution in [0.1, 0.15) is 37.7 Å². The molecule has 0 radical (unpaired) electrons. The molecule has 134 valence electrons. The van der Waals surface area contributed by atoms with E-state index in [0.29, 0.717) is 25.1 Å². The first-order valence-electron chi connectivity index (χ1n) is 8.59. The average Bonchev–Trinajstić information content (AvgIpc) is 2.60. The molecule has 25 heavy (non-hydrogen) atoms. The number of anilines is 1. The second-order valence-electron chi connectivity index (χ2n) is 6.30. The lowest BCUT2D eigenvalue weighted by atomic mass is 9.98. The molecule has 1 aromatic rings. The van der Waals surface area contributed by atoms with E-state index in [9.17, 15) is 14.4 Å². The van der Waals surface area contributed by atoms with Crippen LogP contribution in [0.2, 0.25) is 0 Å². The molecule has 1 atom stereocenters. The lowest BCUT2D eigenvalue weighted by Gasteiger charge is -2.35. The Morgan fingerprint density at radius 2 is 1.96 bits per heavy atom. The van der Waals surface area contributed by atoms with Crippen LogP contribution in [0, 0.1) is 0 Å². The quantitative estimate of drug-likeness (QED) is 0.742. The fourth-order valence-electron chi connectivity index (χ4n) is 3.12. The fourth-order valence-corrected chi connectivity index (χ4v) is 3.12. The highest BCUT2D eigenvalue weighted by Gasteiger charge is 2.27. The van der Waals surface area contributed by atoms with Crippen LogP contribution < -0.4 is 11.1 Å². The minimum Gasteiger partial charge on any atom is -0.370 e. The van der Waals surface area contributed by atoms with Crippen molar-refractivity contribution in [3.8, 4) is 0 Å².